The highest BCUT2D eigenvalue weighted by molar-refractivity contribution is 6.24. The lowest BCUT2D eigenvalue weighted by atomic mass is 9.90. The number of para-hydroxylation sites is 1. The maximum atomic E-state index is 13.0. The van der Waals surface area contributed by atoms with Gasteiger partial charge in [0.2, 0.25) is 17.8 Å². The first-order valence-corrected chi connectivity index (χ1v) is 11.0. The van der Waals surface area contributed by atoms with Crippen LogP contribution in [0.15, 0.2) is 83.9 Å². The van der Waals surface area contributed by atoms with Crippen LogP contribution in [0.5, 0.6) is 0 Å². The fourth-order valence-corrected chi connectivity index (χ4v) is 4.19. The van der Waals surface area contributed by atoms with Crippen molar-refractivity contribution < 1.29 is 9.59 Å². The highest BCUT2D eigenvalue weighted by atomic mass is 16.2. The van der Waals surface area contributed by atoms with Crippen LogP contribution in [0.25, 0.3) is 11.3 Å². The van der Waals surface area contributed by atoms with Crippen molar-refractivity contribution in [1.82, 2.24) is 9.97 Å². The van der Waals surface area contributed by atoms with Crippen molar-refractivity contribution in [3.05, 3.63) is 95.7 Å². The summed E-state index contributed by atoms with van der Waals surface area (Å²) in [5.41, 5.74) is 6.57. The number of fused-ring (bicyclic) bond motifs is 1. The van der Waals surface area contributed by atoms with E-state index in [9.17, 15) is 9.59 Å². The molecule has 1 aromatic heterocycles. The first kappa shape index (κ1) is 21.3. The number of H-pyrrole nitrogens is 1. The molecule has 3 N–H and O–H groups in total. The van der Waals surface area contributed by atoms with Gasteiger partial charge in [0.05, 0.1) is 17.1 Å². The zero-order chi connectivity index (χ0) is 23.7. The van der Waals surface area contributed by atoms with Gasteiger partial charge in [0.15, 0.2) is 0 Å². The molecule has 5 rings (SSSR count). The smallest absolute Gasteiger partial charge is 0.238 e. The molecule has 7 nitrogen and oxygen atoms in total. The Morgan fingerprint density at radius 3 is 2.41 bits per heavy atom. The number of hydrogen-bond donors (Lipinski definition) is 3. The molecule has 0 saturated heterocycles. The fourth-order valence-electron chi connectivity index (χ4n) is 4.19. The number of anilines is 2. The van der Waals surface area contributed by atoms with E-state index >= 15 is 0 Å². The van der Waals surface area contributed by atoms with Gasteiger partial charge < -0.3 is 10.3 Å². The van der Waals surface area contributed by atoms with Gasteiger partial charge in [-0.3, -0.25) is 19.9 Å². The summed E-state index contributed by atoms with van der Waals surface area (Å²) < 4.78 is 0. The number of carbonyl (C=O) groups is 2. The van der Waals surface area contributed by atoms with Gasteiger partial charge in [0, 0.05) is 23.9 Å². The van der Waals surface area contributed by atoms with Crippen LogP contribution in [0, 0.1) is 6.92 Å². The topological polar surface area (TPSA) is 99.2 Å². The molecule has 1 aliphatic heterocycles. The molecule has 34 heavy (non-hydrogen) atoms. The number of aryl methyl sites for hydroxylation is 1. The van der Waals surface area contributed by atoms with Crippen LogP contribution in [0.4, 0.5) is 17.3 Å². The zero-order valence-corrected chi connectivity index (χ0v) is 18.8. The number of rotatable bonds is 5. The lowest BCUT2D eigenvalue weighted by Crippen LogP contribution is -2.21. The molecule has 3 aromatic carbocycles. The molecule has 0 saturated carbocycles. The third-order valence-corrected chi connectivity index (χ3v) is 5.70. The van der Waals surface area contributed by atoms with E-state index in [1.807, 2.05) is 85.8 Å². The third kappa shape index (κ3) is 4.11. The molecule has 168 valence electrons. The SMILES string of the molecule is CC(=O)Nc1nc(-c2ccc(N=C(c3ccccc3)C3C(=O)Nc4ccccc43)cc2)c(C)[nH]1. The number of benzene rings is 3. The molecule has 1 unspecified atom stereocenters. The second-order valence-corrected chi connectivity index (χ2v) is 8.16. The number of carbonyl (C=O) groups excluding carboxylic acids is 2. The molecule has 7 heteroatoms. The Kier molecular flexibility index (Phi) is 5.51. The minimum atomic E-state index is -0.493. The van der Waals surface area contributed by atoms with Gasteiger partial charge in [0.25, 0.3) is 0 Å². The van der Waals surface area contributed by atoms with E-state index in [1.54, 1.807) is 0 Å². The largest absolute Gasteiger partial charge is 0.328 e. The van der Waals surface area contributed by atoms with Gasteiger partial charge in [-0.15, -0.1) is 0 Å². The van der Waals surface area contributed by atoms with Gasteiger partial charge >= 0.3 is 0 Å². The molecule has 0 bridgehead atoms. The van der Waals surface area contributed by atoms with Crippen LogP contribution < -0.4 is 10.6 Å². The van der Waals surface area contributed by atoms with Gasteiger partial charge in [-0.2, -0.15) is 0 Å². The molecular formula is C27H23N5O2. The van der Waals surface area contributed by atoms with Gasteiger partial charge in [-0.25, -0.2) is 4.98 Å². The number of aromatic nitrogens is 2. The lowest BCUT2D eigenvalue weighted by Gasteiger charge is -2.14. The fraction of sp³-hybridized carbons (Fsp3) is 0.111. The van der Waals surface area contributed by atoms with E-state index in [4.69, 9.17) is 4.99 Å². The number of aliphatic imine (C=N–C) groups is 1. The number of aromatic amines is 1. The van der Waals surface area contributed by atoms with Gasteiger partial charge in [-0.05, 0) is 36.2 Å². The number of amides is 2. The molecule has 2 heterocycles. The minimum Gasteiger partial charge on any atom is -0.328 e. The maximum Gasteiger partial charge on any atom is 0.238 e. The van der Waals surface area contributed by atoms with Crippen molar-refractivity contribution in [3.8, 4) is 11.3 Å². The van der Waals surface area contributed by atoms with E-state index in [0.717, 1.165) is 39.5 Å². The quantitative estimate of drug-likeness (QED) is 0.365. The Bertz CT molecular complexity index is 1400. The van der Waals surface area contributed by atoms with Crippen molar-refractivity contribution in [2.24, 2.45) is 4.99 Å². The molecule has 0 fully saturated rings. The van der Waals surface area contributed by atoms with E-state index < -0.39 is 5.92 Å². The second kappa shape index (κ2) is 8.78. The Morgan fingerprint density at radius 2 is 1.68 bits per heavy atom. The number of hydrogen-bond acceptors (Lipinski definition) is 4. The number of nitrogens with zero attached hydrogens (tertiary/aromatic N) is 2. The summed E-state index contributed by atoms with van der Waals surface area (Å²) in [5, 5.41) is 5.64. The van der Waals surface area contributed by atoms with Crippen LogP contribution in [0.3, 0.4) is 0 Å². The van der Waals surface area contributed by atoms with Crippen LogP contribution >= 0.6 is 0 Å². The monoisotopic (exact) mass is 449 g/mol. The Morgan fingerprint density at radius 1 is 0.971 bits per heavy atom. The average molecular weight is 450 g/mol. The molecule has 0 spiro atoms. The summed E-state index contributed by atoms with van der Waals surface area (Å²) in [7, 11) is 0. The molecule has 1 atom stereocenters. The second-order valence-electron chi connectivity index (χ2n) is 8.16. The molecule has 0 radical (unpaired) electrons. The van der Waals surface area contributed by atoms with E-state index in [0.29, 0.717) is 11.7 Å². The Balaban J connectivity index is 1.53. The summed E-state index contributed by atoms with van der Waals surface area (Å²) in [4.78, 5) is 36.8. The average Bonchev–Trinajstić information content (AvgIpc) is 3.36. The normalized spacial score (nSPS) is 15.1. The Labute approximate surface area is 197 Å². The maximum absolute atomic E-state index is 13.0. The molecular weight excluding hydrogens is 426 g/mol. The first-order valence-electron chi connectivity index (χ1n) is 11.0. The Hall–Kier alpha value is -4.52. The lowest BCUT2D eigenvalue weighted by molar-refractivity contribution is -0.116. The molecule has 4 aromatic rings. The predicted octanol–water partition coefficient (Wildman–Crippen LogP) is 5.20. The molecule has 0 aliphatic carbocycles. The summed E-state index contributed by atoms with van der Waals surface area (Å²) in [5.74, 6) is -0.347. The van der Waals surface area contributed by atoms with Gasteiger partial charge in [-0.1, -0.05) is 60.7 Å². The molecule has 2 amide bonds. The van der Waals surface area contributed by atoms with Crippen molar-refractivity contribution in [3.63, 3.8) is 0 Å². The van der Waals surface area contributed by atoms with Crippen molar-refractivity contribution >= 4 is 34.8 Å². The highest BCUT2D eigenvalue weighted by Crippen LogP contribution is 2.36. The number of imidazole rings is 1. The summed E-state index contributed by atoms with van der Waals surface area (Å²) in [6, 6.07) is 25.2. The zero-order valence-electron chi connectivity index (χ0n) is 18.8. The number of nitrogens with one attached hydrogen (secondary N) is 3. The first-order chi connectivity index (χ1) is 16.5. The van der Waals surface area contributed by atoms with E-state index in [-0.39, 0.29) is 11.8 Å². The predicted molar refractivity (Wildman–Crippen MR) is 134 cm³/mol. The van der Waals surface area contributed by atoms with E-state index in [1.165, 1.54) is 6.92 Å². The standard InChI is InChI=1S/C27H23N5O2/c1-16-24(32-27(28-16)29-17(2)33)19-12-14-20(15-13-19)30-25(18-8-4-3-5-9-18)23-21-10-6-7-11-22(21)31-26(23)34/h3-15,23H,1-2H3,(H,31,34)(H2,28,29,32,33). The van der Waals surface area contributed by atoms with Crippen LogP contribution in [0.2, 0.25) is 0 Å². The minimum absolute atomic E-state index is 0.0851. The van der Waals surface area contributed by atoms with Crippen molar-refractivity contribution in [2.45, 2.75) is 19.8 Å². The van der Waals surface area contributed by atoms with Gasteiger partial charge in [0.1, 0.15) is 5.92 Å². The molecule has 1 aliphatic rings. The van der Waals surface area contributed by atoms with Crippen molar-refractivity contribution in [1.29, 1.82) is 0 Å². The van der Waals surface area contributed by atoms with Crippen molar-refractivity contribution in [2.75, 3.05) is 10.6 Å². The van der Waals surface area contributed by atoms with E-state index in [2.05, 4.69) is 20.6 Å². The highest BCUT2D eigenvalue weighted by Gasteiger charge is 2.35. The summed E-state index contributed by atoms with van der Waals surface area (Å²) >= 11 is 0. The third-order valence-electron chi connectivity index (χ3n) is 5.70. The van der Waals surface area contributed by atoms with Crippen LogP contribution in [-0.2, 0) is 9.59 Å². The van der Waals surface area contributed by atoms with Crippen LogP contribution in [-0.4, -0.2) is 27.5 Å². The summed E-state index contributed by atoms with van der Waals surface area (Å²) in [6.07, 6.45) is 0. The summed E-state index contributed by atoms with van der Waals surface area (Å²) in [6.45, 7) is 3.35. The van der Waals surface area contributed by atoms with Crippen LogP contribution in [0.1, 0.15) is 29.7 Å².